The number of rotatable bonds is 5. The fourth-order valence-electron chi connectivity index (χ4n) is 4.14. The summed E-state index contributed by atoms with van der Waals surface area (Å²) in [5, 5.41) is 5.23. The van der Waals surface area contributed by atoms with E-state index in [1.54, 1.807) is 6.07 Å². The number of carbonyl (C=O) groups is 2. The van der Waals surface area contributed by atoms with Crippen molar-refractivity contribution >= 4 is 22.0 Å². The smallest absolute Gasteiger partial charge is 0.321 e. The van der Waals surface area contributed by atoms with Crippen molar-refractivity contribution in [3.05, 3.63) is 29.3 Å². The summed E-state index contributed by atoms with van der Waals surface area (Å²) in [6, 6.07) is 5.07. The third-order valence-electron chi connectivity index (χ3n) is 5.73. The van der Waals surface area contributed by atoms with Gasteiger partial charge in [-0.05, 0) is 38.3 Å². The molecule has 0 atom stereocenters. The third kappa shape index (κ3) is 5.55. The first-order chi connectivity index (χ1) is 13.8. The molecule has 2 aliphatic rings. The molecule has 1 saturated carbocycles. The topological polar surface area (TPSA) is 100 Å². The van der Waals surface area contributed by atoms with E-state index in [-0.39, 0.29) is 18.5 Å². The number of nitrogens with zero attached hydrogens (tertiary/aromatic N) is 1. The van der Waals surface area contributed by atoms with Gasteiger partial charge in [-0.3, -0.25) is 10.1 Å². The number of quaternary nitrogens is 1. The second-order valence-electron chi connectivity index (χ2n) is 8.10. The Morgan fingerprint density at radius 3 is 2.41 bits per heavy atom. The zero-order chi connectivity index (χ0) is 21.0. The molecule has 0 spiro atoms. The summed E-state index contributed by atoms with van der Waals surface area (Å²) in [7, 11) is -3.54. The van der Waals surface area contributed by atoms with Crippen LogP contribution in [0.25, 0.3) is 0 Å². The molecule has 0 radical (unpaired) electrons. The first-order valence-electron chi connectivity index (χ1n) is 10.3. The maximum absolute atomic E-state index is 12.9. The average molecular weight is 424 g/mol. The number of nitrogens with one attached hydrogen (secondary N) is 3. The molecule has 3 amide bonds. The summed E-state index contributed by atoms with van der Waals surface area (Å²) < 4.78 is 27.4. The fourth-order valence-corrected chi connectivity index (χ4v) is 5.78. The lowest BCUT2D eigenvalue weighted by molar-refractivity contribution is -0.895. The van der Waals surface area contributed by atoms with E-state index in [1.165, 1.54) is 4.31 Å². The van der Waals surface area contributed by atoms with Crippen molar-refractivity contribution in [2.75, 3.05) is 32.7 Å². The summed E-state index contributed by atoms with van der Waals surface area (Å²) in [5.74, 6) is -0.332. The molecule has 1 aliphatic carbocycles. The summed E-state index contributed by atoms with van der Waals surface area (Å²) in [6.45, 7) is 5.67. The molecular weight excluding hydrogens is 392 g/mol. The number of benzene rings is 1. The van der Waals surface area contributed by atoms with Crippen molar-refractivity contribution in [3.63, 3.8) is 0 Å². The van der Waals surface area contributed by atoms with Crippen molar-refractivity contribution in [1.82, 2.24) is 14.9 Å². The van der Waals surface area contributed by atoms with Gasteiger partial charge in [0.05, 0.1) is 31.1 Å². The van der Waals surface area contributed by atoms with Crippen molar-refractivity contribution in [1.29, 1.82) is 0 Å². The summed E-state index contributed by atoms with van der Waals surface area (Å²) in [4.78, 5) is 25.4. The number of amides is 3. The molecule has 160 valence electrons. The molecule has 1 saturated heterocycles. The number of hydrogen-bond acceptors (Lipinski definition) is 4. The van der Waals surface area contributed by atoms with Gasteiger partial charge < -0.3 is 10.2 Å². The Morgan fingerprint density at radius 1 is 1.14 bits per heavy atom. The first kappa shape index (κ1) is 21.7. The van der Waals surface area contributed by atoms with E-state index < -0.39 is 16.1 Å². The zero-order valence-electron chi connectivity index (χ0n) is 17.2. The molecule has 2 fully saturated rings. The molecule has 1 aliphatic heterocycles. The SMILES string of the molecule is Cc1ccc(S(=O)(=O)N2CC[NH+](CC(=O)NC(=O)NC3CCCC3)CC2)c(C)c1. The largest absolute Gasteiger partial charge is 0.335 e. The van der Waals surface area contributed by atoms with Crippen LogP contribution in [-0.2, 0) is 14.8 Å². The normalized spacial score (nSPS) is 19.2. The minimum absolute atomic E-state index is 0.161. The standard InChI is InChI=1S/C20H30N4O4S/c1-15-7-8-18(16(2)13-15)29(27,28)24-11-9-23(10-12-24)14-19(25)22-20(26)21-17-5-3-4-6-17/h7-8,13,17H,3-6,9-12,14H2,1-2H3,(H2,21,22,25,26)/p+1. The van der Waals surface area contributed by atoms with Crippen molar-refractivity contribution in [3.8, 4) is 0 Å². The average Bonchev–Trinajstić information content (AvgIpc) is 3.14. The highest BCUT2D eigenvalue weighted by Crippen LogP contribution is 2.21. The van der Waals surface area contributed by atoms with Gasteiger partial charge in [0.15, 0.2) is 6.54 Å². The minimum Gasteiger partial charge on any atom is -0.335 e. The molecule has 3 rings (SSSR count). The van der Waals surface area contributed by atoms with Gasteiger partial charge >= 0.3 is 6.03 Å². The maximum atomic E-state index is 12.9. The van der Waals surface area contributed by atoms with Crippen molar-refractivity contribution in [2.45, 2.75) is 50.5 Å². The predicted molar refractivity (Wildman–Crippen MR) is 109 cm³/mol. The van der Waals surface area contributed by atoms with E-state index in [4.69, 9.17) is 0 Å². The van der Waals surface area contributed by atoms with E-state index >= 15 is 0 Å². The van der Waals surface area contributed by atoms with Gasteiger partial charge in [0.25, 0.3) is 5.91 Å². The fraction of sp³-hybridized carbons (Fsp3) is 0.600. The number of imide groups is 1. The lowest BCUT2D eigenvalue weighted by Crippen LogP contribution is -3.15. The molecule has 0 bridgehead atoms. The Balaban J connectivity index is 1.48. The lowest BCUT2D eigenvalue weighted by Gasteiger charge is -2.31. The molecule has 0 unspecified atom stereocenters. The third-order valence-corrected chi connectivity index (χ3v) is 7.79. The van der Waals surface area contributed by atoms with E-state index in [2.05, 4.69) is 10.6 Å². The monoisotopic (exact) mass is 423 g/mol. The Hall–Kier alpha value is -1.97. The van der Waals surface area contributed by atoms with Gasteiger partial charge in [0.2, 0.25) is 10.0 Å². The maximum Gasteiger partial charge on any atom is 0.321 e. The molecule has 0 aromatic heterocycles. The lowest BCUT2D eigenvalue weighted by atomic mass is 10.2. The number of aryl methyl sites for hydroxylation is 2. The second-order valence-corrected chi connectivity index (χ2v) is 10.0. The van der Waals surface area contributed by atoms with Gasteiger partial charge in [0.1, 0.15) is 0 Å². The first-order valence-corrected chi connectivity index (χ1v) is 11.7. The highest BCUT2D eigenvalue weighted by molar-refractivity contribution is 7.89. The van der Waals surface area contributed by atoms with E-state index in [0.717, 1.165) is 41.7 Å². The zero-order valence-corrected chi connectivity index (χ0v) is 18.0. The van der Waals surface area contributed by atoms with Crippen LogP contribution in [0.15, 0.2) is 23.1 Å². The number of hydrogen-bond donors (Lipinski definition) is 3. The molecule has 1 aromatic rings. The van der Waals surface area contributed by atoms with Gasteiger partial charge in [-0.2, -0.15) is 4.31 Å². The Kier molecular flexibility index (Phi) is 6.92. The molecular formula is C20H31N4O4S+. The molecule has 8 nitrogen and oxygen atoms in total. The van der Waals surface area contributed by atoms with E-state index in [9.17, 15) is 18.0 Å². The molecule has 3 N–H and O–H groups in total. The summed E-state index contributed by atoms with van der Waals surface area (Å²) in [5.41, 5.74) is 1.77. The second kappa shape index (κ2) is 9.23. The van der Waals surface area contributed by atoms with Crippen LogP contribution in [0.4, 0.5) is 4.79 Å². The van der Waals surface area contributed by atoms with Crippen LogP contribution in [-0.4, -0.2) is 63.4 Å². The van der Waals surface area contributed by atoms with E-state index in [0.29, 0.717) is 31.1 Å². The Labute approximate surface area is 172 Å². The number of carbonyl (C=O) groups excluding carboxylic acids is 2. The van der Waals surface area contributed by atoms with E-state index in [1.807, 2.05) is 26.0 Å². The predicted octanol–water partition coefficient (Wildman–Crippen LogP) is -0.0390. The van der Waals surface area contributed by atoms with Crippen molar-refractivity contribution in [2.24, 2.45) is 0 Å². The molecule has 9 heteroatoms. The minimum atomic E-state index is -3.54. The molecule has 1 aromatic carbocycles. The highest BCUT2D eigenvalue weighted by Gasteiger charge is 2.32. The van der Waals surface area contributed by atoms with Crippen LogP contribution < -0.4 is 15.5 Å². The van der Waals surface area contributed by atoms with Gasteiger partial charge in [-0.1, -0.05) is 30.5 Å². The Morgan fingerprint density at radius 2 is 1.79 bits per heavy atom. The number of sulfonamides is 1. The van der Waals surface area contributed by atoms with Crippen LogP contribution in [0.1, 0.15) is 36.8 Å². The van der Waals surface area contributed by atoms with Gasteiger partial charge in [-0.25, -0.2) is 13.2 Å². The van der Waals surface area contributed by atoms with Crippen LogP contribution in [0.5, 0.6) is 0 Å². The number of piperazine rings is 1. The van der Waals surface area contributed by atoms with Crippen LogP contribution in [0.3, 0.4) is 0 Å². The van der Waals surface area contributed by atoms with Crippen molar-refractivity contribution < 1.29 is 22.9 Å². The summed E-state index contributed by atoms with van der Waals surface area (Å²) in [6.07, 6.45) is 4.14. The molecule has 29 heavy (non-hydrogen) atoms. The molecule has 1 heterocycles. The Bertz CT molecular complexity index is 857. The van der Waals surface area contributed by atoms with Crippen LogP contribution in [0.2, 0.25) is 0 Å². The highest BCUT2D eigenvalue weighted by atomic mass is 32.2. The quantitative estimate of drug-likeness (QED) is 0.619. The van der Waals surface area contributed by atoms with Crippen LogP contribution in [0, 0.1) is 13.8 Å². The number of urea groups is 1. The van der Waals surface area contributed by atoms with Gasteiger partial charge in [-0.15, -0.1) is 0 Å². The summed E-state index contributed by atoms with van der Waals surface area (Å²) >= 11 is 0. The van der Waals surface area contributed by atoms with Gasteiger partial charge in [0, 0.05) is 6.04 Å². The van der Waals surface area contributed by atoms with Crippen LogP contribution >= 0.6 is 0 Å².